The summed E-state index contributed by atoms with van der Waals surface area (Å²) in [6.45, 7) is 1.25. The van der Waals surface area contributed by atoms with Crippen molar-refractivity contribution in [2.45, 2.75) is 13.0 Å². The van der Waals surface area contributed by atoms with Crippen LogP contribution in [0, 0.1) is 11.6 Å². The van der Waals surface area contributed by atoms with Crippen LogP contribution in [0.5, 0.6) is 0 Å². The zero-order chi connectivity index (χ0) is 20.4. The Bertz CT molecular complexity index is 1140. The fourth-order valence-electron chi connectivity index (χ4n) is 3.21. The number of aliphatic hydroxyl groups is 1. The molecule has 29 heavy (non-hydrogen) atoms. The molecule has 8 heteroatoms. The molecule has 1 N–H and O–H groups in total. The van der Waals surface area contributed by atoms with E-state index in [1.807, 2.05) is 24.3 Å². The molecule has 0 aliphatic carbocycles. The first kappa shape index (κ1) is 18.8. The second-order valence-corrected chi connectivity index (χ2v) is 6.68. The van der Waals surface area contributed by atoms with E-state index in [1.165, 1.54) is 16.8 Å². The molecule has 0 saturated carbocycles. The Hall–Kier alpha value is -3.55. The largest absolute Gasteiger partial charge is 0.552 e. The van der Waals surface area contributed by atoms with Crippen molar-refractivity contribution in [3.05, 3.63) is 82.1 Å². The number of ether oxygens (including phenoxy) is 1. The molecule has 0 spiro atoms. The molecular weight excluding hydrogens is 380 g/mol. The van der Waals surface area contributed by atoms with Gasteiger partial charge in [0.15, 0.2) is 6.54 Å². The molecule has 148 valence electrons. The van der Waals surface area contributed by atoms with Crippen LogP contribution in [0.1, 0.15) is 12.0 Å². The van der Waals surface area contributed by atoms with Crippen molar-refractivity contribution in [2.24, 2.45) is 0 Å². The fraction of sp³-hybridized carbons (Fsp3) is 0.190. The lowest BCUT2D eigenvalue weighted by atomic mass is 10.1. The molecule has 1 aromatic heterocycles. The van der Waals surface area contributed by atoms with Gasteiger partial charge in [0.1, 0.15) is 18.2 Å². The molecule has 2 heterocycles. The minimum atomic E-state index is -0.716. The molecule has 0 unspecified atom stereocenters. The summed E-state index contributed by atoms with van der Waals surface area (Å²) in [6, 6.07) is 13.1. The maximum atomic E-state index is 13.5. The van der Waals surface area contributed by atoms with Crippen molar-refractivity contribution >= 4 is 11.8 Å². The third-order valence-corrected chi connectivity index (χ3v) is 4.57. The lowest BCUT2D eigenvalue weighted by molar-refractivity contribution is -0.472. The first-order valence-corrected chi connectivity index (χ1v) is 9.09. The highest BCUT2D eigenvalue weighted by Gasteiger charge is 2.23. The fourth-order valence-corrected chi connectivity index (χ4v) is 3.21. The van der Waals surface area contributed by atoms with Crippen molar-refractivity contribution in [3.63, 3.8) is 0 Å². The zero-order valence-electron chi connectivity index (χ0n) is 15.4. The molecule has 0 bridgehead atoms. The normalized spacial score (nSPS) is 14.0. The highest BCUT2D eigenvalue weighted by atomic mass is 19.1. The molecule has 0 atom stereocenters. The predicted molar refractivity (Wildman–Crippen MR) is 102 cm³/mol. The Labute approximate surface area is 164 Å². The van der Waals surface area contributed by atoms with Gasteiger partial charge in [-0.25, -0.2) is 13.5 Å². The Kier molecular flexibility index (Phi) is 5.07. The van der Waals surface area contributed by atoms with Crippen LogP contribution in [0.15, 0.2) is 59.4 Å². The average molecular weight is 398 g/mol. The van der Waals surface area contributed by atoms with Gasteiger partial charge in [-0.15, -0.1) is 4.58 Å². The van der Waals surface area contributed by atoms with Gasteiger partial charge in [-0.05, 0) is 23.8 Å². The van der Waals surface area contributed by atoms with E-state index in [1.54, 1.807) is 4.58 Å². The van der Waals surface area contributed by atoms with Crippen LogP contribution >= 0.6 is 0 Å². The number of nitrogens with zero attached hydrogens (tertiary/aromatic N) is 3. The maximum absolute atomic E-state index is 13.5. The van der Waals surface area contributed by atoms with Gasteiger partial charge in [-0.2, -0.15) is 5.10 Å². The number of aliphatic hydroxyl groups excluding tert-OH is 1. The lowest BCUT2D eigenvalue weighted by Gasteiger charge is -2.12. The van der Waals surface area contributed by atoms with Crippen molar-refractivity contribution in [1.29, 1.82) is 0 Å². The second kappa shape index (κ2) is 7.83. The minimum absolute atomic E-state index is 0.154. The quantitative estimate of drug-likeness (QED) is 0.686. The third-order valence-electron chi connectivity index (χ3n) is 4.57. The van der Waals surface area contributed by atoms with E-state index < -0.39 is 11.6 Å². The average Bonchev–Trinajstić information content (AvgIpc) is 2.69. The molecule has 0 saturated heterocycles. The summed E-state index contributed by atoms with van der Waals surface area (Å²) < 4.78 is 35.1. The van der Waals surface area contributed by atoms with E-state index in [9.17, 15) is 18.7 Å². The Morgan fingerprint density at radius 2 is 1.90 bits per heavy atom. The number of hydrogen-bond donors (Lipinski definition) is 1. The summed E-state index contributed by atoms with van der Waals surface area (Å²) >= 11 is 0. The van der Waals surface area contributed by atoms with Gasteiger partial charge >= 0.3 is 6.08 Å². The molecule has 3 aromatic rings. The summed E-state index contributed by atoms with van der Waals surface area (Å²) in [5.74, 6) is -1.43. The number of hydrogen-bond acceptors (Lipinski definition) is 3. The van der Waals surface area contributed by atoms with E-state index in [0.717, 1.165) is 35.9 Å². The van der Waals surface area contributed by atoms with Crippen molar-refractivity contribution < 1.29 is 23.2 Å². The van der Waals surface area contributed by atoms with E-state index in [4.69, 9.17) is 4.74 Å². The standard InChI is InChI=1S/C21H17F2N3O3/c22-16-10-15(11-17(23)12-16)19-5-6-20(27)26(24-19)13-14-3-1-4-18(9-14)25-7-2-8-29-21(25)28/h1,3-6,9-12H,2,7-8,13H2/p+1. The van der Waals surface area contributed by atoms with E-state index in [2.05, 4.69) is 5.10 Å². The van der Waals surface area contributed by atoms with Gasteiger partial charge in [-0.1, -0.05) is 12.1 Å². The summed E-state index contributed by atoms with van der Waals surface area (Å²) in [6.07, 6.45) is 0.625. The highest BCUT2D eigenvalue weighted by Crippen LogP contribution is 2.20. The van der Waals surface area contributed by atoms with Gasteiger partial charge in [0.2, 0.25) is 5.69 Å². The number of aromatic nitrogens is 2. The number of halogens is 2. The molecule has 1 aliphatic heterocycles. The van der Waals surface area contributed by atoms with E-state index in [0.29, 0.717) is 13.2 Å². The molecule has 1 aliphatic rings. The molecule has 0 fully saturated rings. The number of benzene rings is 2. The second-order valence-electron chi connectivity index (χ2n) is 6.68. The van der Waals surface area contributed by atoms with Crippen LogP contribution in [0.3, 0.4) is 0 Å². The lowest BCUT2D eigenvalue weighted by Crippen LogP contribution is -2.27. The van der Waals surface area contributed by atoms with E-state index in [-0.39, 0.29) is 29.4 Å². The van der Waals surface area contributed by atoms with Gasteiger partial charge < -0.3 is 9.84 Å². The van der Waals surface area contributed by atoms with Crippen LogP contribution in [0.4, 0.5) is 14.5 Å². The van der Waals surface area contributed by atoms with Gasteiger partial charge in [0.05, 0.1) is 12.2 Å². The monoisotopic (exact) mass is 398 g/mol. The first-order valence-electron chi connectivity index (χ1n) is 9.09. The molecule has 2 aromatic carbocycles. The van der Waals surface area contributed by atoms with Crippen molar-refractivity contribution in [1.82, 2.24) is 9.78 Å². The van der Waals surface area contributed by atoms with Gasteiger partial charge in [0, 0.05) is 36.2 Å². The van der Waals surface area contributed by atoms with Crippen LogP contribution in [-0.4, -0.2) is 38.7 Å². The maximum Gasteiger partial charge on any atom is 0.552 e. The summed E-state index contributed by atoms with van der Waals surface area (Å²) in [7, 11) is 0. The predicted octanol–water partition coefficient (Wildman–Crippen LogP) is 3.22. The molecule has 6 nitrogen and oxygen atoms in total. The minimum Gasteiger partial charge on any atom is -0.430 e. The van der Waals surface area contributed by atoms with Crippen molar-refractivity contribution in [2.75, 3.05) is 13.2 Å². The third kappa shape index (κ3) is 4.16. The molecule has 0 amide bonds. The highest BCUT2D eigenvalue weighted by molar-refractivity contribution is 5.61. The first-order chi connectivity index (χ1) is 14.0. The summed E-state index contributed by atoms with van der Waals surface area (Å²) in [5.41, 5.74) is 1.70. The van der Waals surface area contributed by atoms with Crippen LogP contribution in [0.2, 0.25) is 0 Å². The molecule has 0 radical (unpaired) electrons. The Balaban J connectivity index is 1.66. The topological polar surface area (TPSA) is 67.4 Å². The summed E-state index contributed by atoms with van der Waals surface area (Å²) in [4.78, 5) is 12.3. The Morgan fingerprint density at radius 3 is 2.66 bits per heavy atom. The van der Waals surface area contributed by atoms with Gasteiger partial charge in [0.25, 0.3) is 5.56 Å². The van der Waals surface area contributed by atoms with Crippen LogP contribution in [0.25, 0.3) is 11.3 Å². The van der Waals surface area contributed by atoms with Crippen LogP contribution in [-0.2, 0) is 11.3 Å². The van der Waals surface area contributed by atoms with E-state index >= 15 is 0 Å². The zero-order valence-corrected chi connectivity index (χ0v) is 15.4. The SMILES string of the molecule is O=c1ccc(-c2cc(F)cc(F)c2)nn1Cc1cccc([N+]2=C(O)OCCC2)c1. The smallest absolute Gasteiger partial charge is 0.430 e. The molecule has 4 rings (SSSR count). The summed E-state index contributed by atoms with van der Waals surface area (Å²) in [5, 5.41) is 14.2. The van der Waals surface area contributed by atoms with Gasteiger partial charge in [-0.3, -0.25) is 4.79 Å². The van der Waals surface area contributed by atoms with Crippen molar-refractivity contribution in [3.8, 4) is 11.3 Å². The number of rotatable bonds is 4. The van der Waals surface area contributed by atoms with Crippen LogP contribution < -0.4 is 5.56 Å². The molecular formula is C21H18F2N3O3+. The Morgan fingerprint density at radius 1 is 1.10 bits per heavy atom.